The molecule has 0 aromatic carbocycles. The minimum absolute atomic E-state index is 0.270. The third-order valence-corrected chi connectivity index (χ3v) is 4.11. The molecule has 1 amide bonds. The largest absolute Gasteiger partial charge is 0.388 e. The Balaban J connectivity index is 1.66. The topological polar surface area (TPSA) is 80.0 Å². The molecular formula is C16H20N4O2. The van der Waals surface area contributed by atoms with Gasteiger partial charge < -0.3 is 10.4 Å². The maximum atomic E-state index is 12.2. The number of carbonyl (C=O) groups excluding carboxylic acids is 1. The van der Waals surface area contributed by atoms with Gasteiger partial charge in [0.15, 0.2) is 0 Å². The summed E-state index contributed by atoms with van der Waals surface area (Å²) < 4.78 is 1.67. The first kappa shape index (κ1) is 14.7. The van der Waals surface area contributed by atoms with Gasteiger partial charge in [0.2, 0.25) is 0 Å². The van der Waals surface area contributed by atoms with Gasteiger partial charge in [0, 0.05) is 25.1 Å². The molecule has 2 heterocycles. The highest BCUT2D eigenvalue weighted by Crippen LogP contribution is 2.27. The Morgan fingerprint density at radius 1 is 1.32 bits per heavy atom. The van der Waals surface area contributed by atoms with E-state index in [-0.39, 0.29) is 12.5 Å². The van der Waals surface area contributed by atoms with Gasteiger partial charge >= 0.3 is 0 Å². The lowest BCUT2D eigenvalue weighted by atomic mass is 9.85. The van der Waals surface area contributed by atoms with Crippen molar-refractivity contribution in [3.63, 3.8) is 0 Å². The van der Waals surface area contributed by atoms with Crippen molar-refractivity contribution in [2.24, 2.45) is 0 Å². The smallest absolute Gasteiger partial charge is 0.270 e. The zero-order valence-corrected chi connectivity index (χ0v) is 12.4. The fraction of sp³-hybridized carbons (Fsp3) is 0.438. The van der Waals surface area contributed by atoms with Gasteiger partial charge in [-0.3, -0.25) is 9.78 Å². The van der Waals surface area contributed by atoms with E-state index in [0.717, 1.165) is 37.8 Å². The lowest BCUT2D eigenvalue weighted by Crippen LogP contribution is -2.44. The molecule has 22 heavy (non-hydrogen) atoms. The van der Waals surface area contributed by atoms with Crippen molar-refractivity contribution < 1.29 is 9.90 Å². The number of aliphatic hydroxyl groups is 1. The Morgan fingerprint density at radius 2 is 2.14 bits per heavy atom. The van der Waals surface area contributed by atoms with E-state index >= 15 is 0 Å². The van der Waals surface area contributed by atoms with Crippen molar-refractivity contribution >= 4 is 5.91 Å². The first-order chi connectivity index (χ1) is 10.7. The van der Waals surface area contributed by atoms with E-state index in [4.69, 9.17) is 0 Å². The minimum atomic E-state index is -0.770. The van der Waals surface area contributed by atoms with Crippen LogP contribution in [0.4, 0.5) is 0 Å². The highest BCUT2D eigenvalue weighted by atomic mass is 16.3. The van der Waals surface area contributed by atoms with Crippen LogP contribution in [0.3, 0.4) is 0 Å². The summed E-state index contributed by atoms with van der Waals surface area (Å²) >= 11 is 0. The van der Waals surface area contributed by atoms with Crippen LogP contribution < -0.4 is 5.32 Å². The first-order valence-corrected chi connectivity index (χ1v) is 7.63. The Kier molecular flexibility index (Phi) is 4.20. The van der Waals surface area contributed by atoms with Crippen LogP contribution in [0.1, 0.15) is 42.6 Å². The van der Waals surface area contributed by atoms with E-state index in [0.29, 0.717) is 5.69 Å². The maximum Gasteiger partial charge on any atom is 0.270 e. The van der Waals surface area contributed by atoms with Gasteiger partial charge in [0.1, 0.15) is 5.69 Å². The Bertz CT molecular complexity index is 633. The van der Waals surface area contributed by atoms with Crippen molar-refractivity contribution in [1.82, 2.24) is 20.1 Å². The molecular weight excluding hydrogens is 280 g/mol. The van der Waals surface area contributed by atoms with E-state index in [1.165, 1.54) is 0 Å². The van der Waals surface area contributed by atoms with Gasteiger partial charge in [0.05, 0.1) is 11.3 Å². The number of amides is 1. The van der Waals surface area contributed by atoms with Crippen LogP contribution >= 0.6 is 0 Å². The van der Waals surface area contributed by atoms with Gasteiger partial charge in [-0.05, 0) is 31.0 Å². The SMILES string of the molecule is O=C(NCC1(O)CCCCC1)c1cc(-n2cccn2)ccn1. The predicted octanol–water partition coefficient (Wildman–Crippen LogP) is 1.69. The summed E-state index contributed by atoms with van der Waals surface area (Å²) in [5.41, 5.74) is 0.335. The lowest BCUT2D eigenvalue weighted by molar-refractivity contribution is 0.00521. The molecule has 116 valence electrons. The Morgan fingerprint density at radius 3 is 2.86 bits per heavy atom. The number of hydrogen-bond acceptors (Lipinski definition) is 4. The molecule has 3 rings (SSSR count). The zero-order chi connectivity index (χ0) is 15.4. The van der Waals surface area contributed by atoms with Crippen LogP contribution in [0.2, 0.25) is 0 Å². The molecule has 0 saturated heterocycles. The average Bonchev–Trinajstić information content (AvgIpc) is 3.08. The van der Waals surface area contributed by atoms with Gasteiger partial charge in [-0.2, -0.15) is 5.10 Å². The lowest BCUT2D eigenvalue weighted by Gasteiger charge is -2.32. The molecule has 6 nitrogen and oxygen atoms in total. The van der Waals surface area contributed by atoms with E-state index in [1.807, 2.05) is 12.3 Å². The molecule has 1 aliphatic rings. The highest BCUT2D eigenvalue weighted by molar-refractivity contribution is 5.92. The predicted molar refractivity (Wildman–Crippen MR) is 81.7 cm³/mol. The van der Waals surface area contributed by atoms with Gasteiger partial charge in [-0.1, -0.05) is 19.3 Å². The van der Waals surface area contributed by atoms with Gasteiger partial charge in [-0.15, -0.1) is 0 Å². The highest BCUT2D eigenvalue weighted by Gasteiger charge is 2.29. The molecule has 2 aromatic heterocycles. The molecule has 2 aromatic rings. The third kappa shape index (κ3) is 3.33. The normalized spacial score (nSPS) is 17.1. The molecule has 0 spiro atoms. The molecule has 0 atom stereocenters. The monoisotopic (exact) mass is 300 g/mol. The number of carbonyl (C=O) groups is 1. The molecule has 6 heteroatoms. The summed E-state index contributed by atoms with van der Waals surface area (Å²) in [7, 11) is 0. The van der Waals surface area contributed by atoms with Crippen molar-refractivity contribution in [3.8, 4) is 5.69 Å². The van der Waals surface area contributed by atoms with Crippen molar-refractivity contribution in [3.05, 3.63) is 42.5 Å². The molecule has 1 fully saturated rings. The number of hydrogen-bond donors (Lipinski definition) is 2. The summed E-state index contributed by atoms with van der Waals surface area (Å²) in [6, 6.07) is 5.30. The van der Waals surface area contributed by atoms with E-state index in [1.54, 1.807) is 29.2 Å². The Hall–Kier alpha value is -2.21. The van der Waals surface area contributed by atoms with Crippen molar-refractivity contribution in [1.29, 1.82) is 0 Å². The molecule has 1 aliphatic carbocycles. The molecule has 0 bridgehead atoms. The van der Waals surface area contributed by atoms with Crippen LogP contribution in [0.5, 0.6) is 0 Å². The van der Waals surface area contributed by atoms with E-state index in [9.17, 15) is 9.90 Å². The van der Waals surface area contributed by atoms with Crippen LogP contribution in [0, 0.1) is 0 Å². The van der Waals surface area contributed by atoms with E-state index in [2.05, 4.69) is 15.4 Å². The average molecular weight is 300 g/mol. The summed E-state index contributed by atoms with van der Waals surface area (Å²) in [6.07, 6.45) is 9.74. The van der Waals surface area contributed by atoms with Crippen LogP contribution in [0.15, 0.2) is 36.8 Å². The second-order valence-corrected chi connectivity index (χ2v) is 5.82. The summed E-state index contributed by atoms with van der Waals surface area (Å²) in [5.74, 6) is -0.270. The quantitative estimate of drug-likeness (QED) is 0.900. The third-order valence-electron chi connectivity index (χ3n) is 4.11. The fourth-order valence-electron chi connectivity index (χ4n) is 2.83. The molecule has 0 aliphatic heterocycles. The minimum Gasteiger partial charge on any atom is -0.388 e. The number of aromatic nitrogens is 3. The molecule has 0 radical (unpaired) electrons. The number of pyridine rings is 1. The van der Waals surface area contributed by atoms with E-state index < -0.39 is 5.60 Å². The van der Waals surface area contributed by atoms with Crippen molar-refractivity contribution in [2.45, 2.75) is 37.7 Å². The summed E-state index contributed by atoms with van der Waals surface area (Å²) in [6.45, 7) is 0.277. The molecule has 0 unspecified atom stereocenters. The van der Waals surface area contributed by atoms with Gasteiger partial charge in [0.25, 0.3) is 5.91 Å². The maximum absolute atomic E-state index is 12.2. The number of nitrogens with zero attached hydrogens (tertiary/aromatic N) is 3. The first-order valence-electron chi connectivity index (χ1n) is 7.63. The van der Waals surface area contributed by atoms with Crippen LogP contribution in [0.25, 0.3) is 5.69 Å². The summed E-state index contributed by atoms with van der Waals surface area (Å²) in [4.78, 5) is 16.3. The second-order valence-electron chi connectivity index (χ2n) is 5.82. The zero-order valence-electron chi connectivity index (χ0n) is 12.4. The summed E-state index contributed by atoms with van der Waals surface area (Å²) in [5, 5.41) is 17.4. The van der Waals surface area contributed by atoms with Crippen LogP contribution in [-0.4, -0.2) is 37.9 Å². The fourth-order valence-corrected chi connectivity index (χ4v) is 2.83. The van der Waals surface area contributed by atoms with Gasteiger partial charge in [-0.25, -0.2) is 4.68 Å². The Labute approximate surface area is 129 Å². The van der Waals surface area contributed by atoms with Crippen molar-refractivity contribution in [2.75, 3.05) is 6.54 Å². The van der Waals surface area contributed by atoms with Crippen LogP contribution in [-0.2, 0) is 0 Å². The second kappa shape index (κ2) is 6.27. The number of nitrogens with one attached hydrogen (secondary N) is 1. The molecule has 2 N–H and O–H groups in total. The number of rotatable bonds is 4. The standard InChI is InChI=1S/C16H20N4O2/c21-15(18-12-16(22)6-2-1-3-7-16)14-11-13(5-9-17-14)20-10-4-8-19-20/h4-5,8-11,22H,1-3,6-7,12H2,(H,18,21). The molecule has 1 saturated carbocycles.